The highest BCUT2D eigenvalue weighted by Gasteiger charge is 2.09. The fraction of sp³-hybridized carbons (Fsp3) is 0.333. The Morgan fingerprint density at radius 3 is 2.57 bits per heavy atom. The quantitative estimate of drug-likeness (QED) is 0.721. The van der Waals surface area contributed by atoms with Crippen molar-refractivity contribution < 1.29 is 5.11 Å². The molecule has 0 radical (unpaired) electrons. The maximum absolute atomic E-state index is 9.59. The van der Waals surface area contributed by atoms with Crippen LogP contribution in [0.2, 0.25) is 0 Å². The molecule has 76 valence electrons. The van der Waals surface area contributed by atoms with E-state index in [1.54, 1.807) is 12.1 Å². The van der Waals surface area contributed by atoms with Crippen LogP contribution < -0.4 is 5.73 Å². The third-order valence-electron chi connectivity index (χ3n) is 2.33. The van der Waals surface area contributed by atoms with Crippen LogP contribution in [0.15, 0.2) is 30.9 Å². The highest BCUT2D eigenvalue weighted by atomic mass is 16.3. The minimum atomic E-state index is -0.298. The van der Waals surface area contributed by atoms with Gasteiger partial charge in [0.1, 0.15) is 5.75 Å². The lowest BCUT2D eigenvalue weighted by Gasteiger charge is -2.13. The van der Waals surface area contributed by atoms with Gasteiger partial charge < -0.3 is 10.8 Å². The lowest BCUT2D eigenvalue weighted by molar-refractivity contribution is 0.465. The van der Waals surface area contributed by atoms with Crippen LogP contribution in [0.25, 0.3) is 0 Å². The molecular formula is C12H17NO. The number of benzene rings is 1. The van der Waals surface area contributed by atoms with Crippen LogP contribution in [0.3, 0.4) is 0 Å². The van der Waals surface area contributed by atoms with Gasteiger partial charge in [-0.1, -0.05) is 26.0 Å². The predicted molar refractivity (Wildman–Crippen MR) is 59.3 cm³/mol. The van der Waals surface area contributed by atoms with Crippen molar-refractivity contribution in [1.29, 1.82) is 0 Å². The van der Waals surface area contributed by atoms with E-state index < -0.39 is 0 Å². The maximum atomic E-state index is 9.59. The molecule has 0 saturated carbocycles. The van der Waals surface area contributed by atoms with Crippen molar-refractivity contribution in [3.63, 3.8) is 0 Å². The van der Waals surface area contributed by atoms with E-state index in [1.165, 1.54) is 5.56 Å². The first kappa shape index (κ1) is 10.8. The molecule has 1 rings (SSSR count). The van der Waals surface area contributed by atoms with Crippen molar-refractivity contribution >= 4 is 0 Å². The Kier molecular flexibility index (Phi) is 3.31. The molecule has 0 aliphatic rings. The van der Waals surface area contributed by atoms with Crippen molar-refractivity contribution in [2.75, 3.05) is 0 Å². The van der Waals surface area contributed by atoms with Gasteiger partial charge in [0.25, 0.3) is 0 Å². The molecule has 2 heteroatoms. The van der Waals surface area contributed by atoms with Gasteiger partial charge in [-0.3, -0.25) is 0 Å². The van der Waals surface area contributed by atoms with E-state index >= 15 is 0 Å². The Bertz CT molecular complexity index is 331. The van der Waals surface area contributed by atoms with Crippen LogP contribution in [0.5, 0.6) is 5.75 Å². The van der Waals surface area contributed by atoms with Crippen molar-refractivity contribution in [1.82, 2.24) is 0 Å². The summed E-state index contributed by atoms with van der Waals surface area (Å²) in [5.74, 6) is 0.674. The van der Waals surface area contributed by atoms with E-state index in [2.05, 4.69) is 20.4 Å². The maximum Gasteiger partial charge on any atom is 0.120 e. The van der Waals surface area contributed by atoms with E-state index in [4.69, 9.17) is 5.73 Å². The normalized spacial score (nSPS) is 12.9. The topological polar surface area (TPSA) is 46.2 Å². The molecule has 1 atom stereocenters. The molecule has 3 N–H and O–H groups in total. The molecule has 0 heterocycles. The third kappa shape index (κ3) is 2.15. The van der Waals surface area contributed by atoms with Gasteiger partial charge in [0.05, 0.1) is 6.04 Å². The van der Waals surface area contributed by atoms with Crippen molar-refractivity contribution in [3.05, 3.63) is 42.0 Å². The Morgan fingerprint density at radius 1 is 1.43 bits per heavy atom. The van der Waals surface area contributed by atoms with Crippen LogP contribution in [-0.2, 0) is 0 Å². The Labute approximate surface area is 85.1 Å². The fourth-order valence-corrected chi connectivity index (χ4v) is 1.33. The van der Waals surface area contributed by atoms with Crippen LogP contribution >= 0.6 is 0 Å². The minimum absolute atomic E-state index is 0.238. The molecule has 0 fully saturated rings. The molecule has 2 nitrogen and oxygen atoms in total. The zero-order valence-corrected chi connectivity index (χ0v) is 8.70. The summed E-state index contributed by atoms with van der Waals surface area (Å²) in [5, 5.41) is 9.59. The SMILES string of the molecule is C=CC(N)c1cc(C(C)C)ccc1O. The smallest absolute Gasteiger partial charge is 0.120 e. The van der Waals surface area contributed by atoms with E-state index in [-0.39, 0.29) is 11.8 Å². The lowest BCUT2D eigenvalue weighted by atomic mass is 9.97. The minimum Gasteiger partial charge on any atom is -0.508 e. The van der Waals surface area contributed by atoms with Gasteiger partial charge in [0, 0.05) is 5.56 Å². The number of hydrogen-bond acceptors (Lipinski definition) is 2. The Balaban J connectivity index is 3.14. The van der Waals surface area contributed by atoms with Gasteiger partial charge >= 0.3 is 0 Å². The summed E-state index contributed by atoms with van der Waals surface area (Å²) >= 11 is 0. The number of aromatic hydroxyl groups is 1. The summed E-state index contributed by atoms with van der Waals surface area (Å²) in [6, 6.07) is 5.24. The van der Waals surface area contributed by atoms with Gasteiger partial charge in [-0.25, -0.2) is 0 Å². The van der Waals surface area contributed by atoms with Crippen molar-refractivity contribution in [2.24, 2.45) is 5.73 Å². The van der Waals surface area contributed by atoms with Gasteiger partial charge in [-0.2, -0.15) is 0 Å². The van der Waals surface area contributed by atoms with E-state index in [0.29, 0.717) is 5.92 Å². The average molecular weight is 191 g/mol. The van der Waals surface area contributed by atoms with Gasteiger partial charge in [0.2, 0.25) is 0 Å². The molecule has 0 amide bonds. The highest BCUT2D eigenvalue weighted by Crippen LogP contribution is 2.27. The molecule has 0 bridgehead atoms. The Hall–Kier alpha value is -1.28. The molecule has 1 unspecified atom stereocenters. The lowest BCUT2D eigenvalue weighted by Crippen LogP contribution is -2.07. The molecule has 14 heavy (non-hydrogen) atoms. The van der Waals surface area contributed by atoms with E-state index in [9.17, 15) is 5.11 Å². The Morgan fingerprint density at radius 2 is 2.07 bits per heavy atom. The van der Waals surface area contributed by atoms with Crippen molar-refractivity contribution in [3.8, 4) is 5.75 Å². The summed E-state index contributed by atoms with van der Waals surface area (Å²) < 4.78 is 0. The monoisotopic (exact) mass is 191 g/mol. The first-order valence-electron chi connectivity index (χ1n) is 4.77. The molecule has 0 saturated heterocycles. The fourth-order valence-electron chi connectivity index (χ4n) is 1.33. The largest absolute Gasteiger partial charge is 0.508 e. The van der Waals surface area contributed by atoms with Crippen LogP contribution in [0, 0.1) is 0 Å². The summed E-state index contributed by atoms with van der Waals surface area (Å²) in [5.41, 5.74) is 7.70. The molecule has 0 aliphatic heterocycles. The predicted octanol–water partition coefficient (Wildman–Crippen LogP) is 2.70. The summed E-state index contributed by atoms with van der Waals surface area (Å²) in [6.07, 6.45) is 1.62. The number of rotatable bonds is 3. The molecule has 0 spiro atoms. The summed E-state index contributed by atoms with van der Waals surface area (Å²) in [4.78, 5) is 0. The molecule has 0 aromatic heterocycles. The standard InChI is InChI=1S/C12H17NO/c1-4-11(13)10-7-9(8(2)3)5-6-12(10)14/h4-8,11,14H,1,13H2,2-3H3. The zero-order chi connectivity index (χ0) is 10.7. The van der Waals surface area contributed by atoms with Crippen LogP contribution in [0.4, 0.5) is 0 Å². The number of phenols is 1. The average Bonchev–Trinajstić information content (AvgIpc) is 2.17. The van der Waals surface area contributed by atoms with E-state index in [1.807, 2.05) is 12.1 Å². The first-order valence-corrected chi connectivity index (χ1v) is 4.77. The molecular weight excluding hydrogens is 174 g/mol. The third-order valence-corrected chi connectivity index (χ3v) is 2.33. The molecule has 1 aromatic carbocycles. The van der Waals surface area contributed by atoms with Gasteiger partial charge in [-0.05, 0) is 23.6 Å². The number of phenolic OH excluding ortho intramolecular Hbond substituents is 1. The first-order chi connectivity index (χ1) is 6.56. The number of nitrogens with two attached hydrogens (primary N) is 1. The van der Waals surface area contributed by atoms with Crippen molar-refractivity contribution in [2.45, 2.75) is 25.8 Å². The number of hydrogen-bond donors (Lipinski definition) is 2. The van der Waals surface area contributed by atoms with Gasteiger partial charge in [0.15, 0.2) is 0 Å². The molecule has 0 aliphatic carbocycles. The zero-order valence-electron chi connectivity index (χ0n) is 8.70. The van der Waals surface area contributed by atoms with Gasteiger partial charge in [-0.15, -0.1) is 6.58 Å². The second-order valence-corrected chi connectivity index (χ2v) is 3.73. The second kappa shape index (κ2) is 4.29. The summed E-state index contributed by atoms with van der Waals surface area (Å²) in [7, 11) is 0. The van der Waals surface area contributed by atoms with E-state index in [0.717, 1.165) is 5.56 Å². The second-order valence-electron chi connectivity index (χ2n) is 3.73. The van der Waals surface area contributed by atoms with Crippen LogP contribution in [-0.4, -0.2) is 5.11 Å². The van der Waals surface area contributed by atoms with Crippen LogP contribution in [0.1, 0.15) is 36.9 Å². The highest BCUT2D eigenvalue weighted by molar-refractivity contribution is 5.40. The molecule has 1 aromatic rings. The summed E-state index contributed by atoms with van der Waals surface area (Å²) in [6.45, 7) is 7.83.